The first kappa shape index (κ1) is 19.5. The van der Waals surface area contributed by atoms with Gasteiger partial charge in [-0.15, -0.1) is 22.7 Å². The maximum absolute atomic E-state index is 12.0. The van der Waals surface area contributed by atoms with Crippen molar-refractivity contribution in [2.45, 2.75) is 33.2 Å². The first-order valence-corrected chi connectivity index (χ1v) is 11.3. The van der Waals surface area contributed by atoms with Gasteiger partial charge in [-0.25, -0.2) is 19.7 Å². The van der Waals surface area contributed by atoms with Gasteiger partial charge in [-0.2, -0.15) is 0 Å². The largest absolute Gasteiger partial charge is 0.340 e. The van der Waals surface area contributed by atoms with E-state index in [1.165, 1.54) is 0 Å². The molecule has 0 unspecified atom stereocenters. The molecule has 7 nitrogen and oxygen atoms in total. The summed E-state index contributed by atoms with van der Waals surface area (Å²) in [4.78, 5) is 29.0. The van der Waals surface area contributed by atoms with Crippen molar-refractivity contribution in [1.82, 2.24) is 30.6 Å². The number of benzene rings is 1. The van der Waals surface area contributed by atoms with Gasteiger partial charge in [-0.05, 0) is 25.5 Å². The van der Waals surface area contributed by atoms with Crippen LogP contribution in [0.5, 0.6) is 0 Å². The number of carbonyl (C=O) groups is 1. The van der Waals surface area contributed by atoms with Gasteiger partial charge in [0, 0.05) is 23.2 Å². The summed E-state index contributed by atoms with van der Waals surface area (Å²) in [7, 11) is 0. The molecule has 4 aromatic rings. The van der Waals surface area contributed by atoms with Gasteiger partial charge in [0.2, 0.25) is 0 Å². The summed E-state index contributed by atoms with van der Waals surface area (Å²) in [5.74, 6) is 0.692. The van der Waals surface area contributed by atoms with Gasteiger partial charge in [0.15, 0.2) is 0 Å². The van der Waals surface area contributed by atoms with Crippen LogP contribution in [0.25, 0.3) is 32.2 Å². The van der Waals surface area contributed by atoms with E-state index < -0.39 is 0 Å². The molecular formula is C20H22N6OS2. The van der Waals surface area contributed by atoms with E-state index in [0.29, 0.717) is 18.9 Å². The van der Waals surface area contributed by atoms with Crippen molar-refractivity contribution in [2.75, 3.05) is 6.54 Å². The van der Waals surface area contributed by atoms with Crippen molar-refractivity contribution < 1.29 is 4.79 Å². The monoisotopic (exact) mass is 426 g/mol. The number of imidazole rings is 1. The van der Waals surface area contributed by atoms with Gasteiger partial charge < -0.3 is 15.6 Å². The van der Waals surface area contributed by atoms with Crippen molar-refractivity contribution in [1.29, 1.82) is 0 Å². The van der Waals surface area contributed by atoms with Crippen molar-refractivity contribution >= 4 is 38.9 Å². The number of amides is 2. The third-order valence-electron chi connectivity index (χ3n) is 4.43. The molecule has 9 heteroatoms. The van der Waals surface area contributed by atoms with Gasteiger partial charge in [0.05, 0.1) is 28.0 Å². The summed E-state index contributed by atoms with van der Waals surface area (Å²) in [6.45, 7) is 5.05. The molecule has 150 valence electrons. The van der Waals surface area contributed by atoms with E-state index in [-0.39, 0.29) is 6.03 Å². The third-order valence-corrected chi connectivity index (χ3v) is 6.19. The third kappa shape index (κ3) is 4.46. The van der Waals surface area contributed by atoms with Crippen LogP contribution in [0.15, 0.2) is 29.1 Å². The molecule has 3 aromatic heterocycles. The van der Waals surface area contributed by atoms with E-state index in [4.69, 9.17) is 4.98 Å². The number of carbonyl (C=O) groups excluding carboxylic acids is 1. The van der Waals surface area contributed by atoms with Crippen LogP contribution < -0.4 is 10.6 Å². The first-order chi connectivity index (χ1) is 14.1. The van der Waals surface area contributed by atoms with Crippen LogP contribution in [0.4, 0.5) is 4.79 Å². The lowest BCUT2D eigenvalue weighted by molar-refractivity contribution is 0.240. The standard InChI is InChI=1S/C20H22N6OS2/c1-3-4-7-21-20(27)22-9-16-25-17(18(26-16)19-24-12(2)10-28-19)13-5-6-14-15(8-13)29-11-23-14/h5-6,8,10-11H,3-4,7,9H2,1-2H3,(H,25,26)(H2,21,22,27). The van der Waals surface area contributed by atoms with Crippen LogP contribution in [0.3, 0.4) is 0 Å². The zero-order chi connectivity index (χ0) is 20.2. The molecule has 0 atom stereocenters. The van der Waals surface area contributed by atoms with Gasteiger partial charge in [0.1, 0.15) is 16.5 Å². The van der Waals surface area contributed by atoms with E-state index in [0.717, 1.165) is 50.7 Å². The molecule has 0 aliphatic rings. The van der Waals surface area contributed by atoms with E-state index in [1.54, 1.807) is 22.7 Å². The SMILES string of the molecule is CCCCNC(=O)NCc1nc(-c2nc(C)cs2)c(-c2ccc3ncsc3c2)[nH]1. The summed E-state index contributed by atoms with van der Waals surface area (Å²) in [5.41, 5.74) is 6.52. The Labute approximate surface area is 176 Å². The minimum Gasteiger partial charge on any atom is -0.340 e. The minimum atomic E-state index is -0.186. The zero-order valence-corrected chi connectivity index (χ0v) is 17.9. The van der Waals surface area contributed by atoms with Crippen molar-refractivity contribution in [2.24, 2.45) is 0 Å². The van der Waals surface area contributed by atoms with Crippen molar-refractivity contribution in [3.05, 3.63) is 40.6 Å². The predicted molar refractivity (Wildman–Crippen MR) is 118 cm³/mol. The highest BCUT2D eigenvalue weighted by molar-refractivity contribution is 7.16. The maximum Gasteiger partial charge on any atom is 0.315 e. The highest BCUT2D eigenvalue weighted by Gasteiger charge is 2.18. The second kappa shape index (κ2) is 8.71. The number of fused-ring (bicyclic) bond motifs is 1. The Morgan fingerprint density at radius 3 is 2.90 bits per heavy atom. The molecule has 0 saturated heterocycles. The number of H-pyrrole nitrogens is 1. The molecule has 29 heavy (non-hydrogen) atoms. The molecule has 0 aliphatic carbocycles. The Hall–Kier alpha value is -2.78. The fourth-order valence-electron chi connectivity index (χ4n) is 2.95. The summed E-state index contributed by atoms with van der Waals surface area (Å²) >= 11 is 3.17. The van der Waals surface area contributed by atoms with Crippen molar-refractivity contribution in [3.63, 3.8) is 0 Å². The van der Waals surface area contributed by atoms with Gasteiger partial charge >= 0.3 is 6.03 Å². The van der Waals surface area contributed by atoms with Crippen molar-refractivity contribution in [3.8, 4) is 22.0 Å². The molecule has 4 rings (SSSR count). The predicted octanol–water partition coefficient (Wildman–Crippen LogP) is 4.72. The number of unbranched alkanes of at least 4 members (excludes halogenated alkanes) is 1. The Morgan fingerprint density at radius 1 is 1.21 bits per heavy atom. The Kier molecular flexibility index (Phi) is 5.86. The van der Waals surface area contributed by atoms with E-state index in [1.807, 2.05) is 29.9 Å². The Balaban J connectivity index is 1.61. The highest BCUT2D eigenvalue weighted by Crippen LogP contribution is 2.34. The van der Waals surface area contributed by atoms with E-state index in [2.05, 4.69) is 38.6 Å². The summed E-state index contributed by atoms with van der Waals surface area (Å²) in [6.07, 6.45) is 2.01. The van der Waals surface area contributed by atoms with Crippen LogP contribution >= 0.6 is 22.7 Å². The fourth-order valence-corrected chi connectivity index (χ4v) is 4.46. The normalized spacial score (nSPS) is 11.1. The number of nitrogens with zero attached hydrogens (tertiary/aromatic N) is 3. The average molecular weight is 427 g/mol. The molecule has 0 spiro atoms. The smallest absolute Gasteiger partial charge is 0.315 e. The first-order valence-electron chi connectivity index (χ1n) is 9.50. The minimum absolute atomic E-state index is 0.186. The van der Waals surface area contributed by atoms with Crippen LogP contribution in [-0.4, -0.2) is 32.5 Å². The molecular weight excluding hydrogens is 404 g/mol. The Morgan fingerprint density at radius 2 is 2.10 bits per heavy atom. The lowest BCUT2D eigenvalue weighted by atomic mass is 10.1. The van der Waals surface area contributed by atoms with Gasteiger partial charge in [0.25, 0.3) is 0 Å². The number of rotatable bonds is 7. The lowest BCUT2D eigenvalue weighted by Gasteiger charge is -2.05. The van der Waals surface area contributed by atoms with Crippen LogP contribution in [-0.2, 0) is 6.54 Å². The summed E-state index contributed by atoms with van der Waals surface area (Å²) < 4.78 is 1.12. The fraction of sp³-hybridized carbons (Fsp3) is 0.300. The molecule has 3 N–H and O–H groups in total. The quantitative estimate of drug-likeness (QED) is 0.373. The second-order valence-electron chi connectivity index (χ2n) is 6.70. The van der Waals surface area contributed by atoms with Gasteiger partial charge in [-0.3, -0.25) is 0 Å². The number of hydrogen-bond donors (Lipinski definition) is 3. The molecule has 1 aromatic carbocycles. The number of aryl methyl sites for hydroxylation is 1. The molecule has 0 saturated carbocycles. The molecule has 0 fully saturated rings. The maximum atomic E-state index is 12.0. The summed E-state index contributed by atoms with van der Waals surface area (Å²) in [5, 5.41) is 8.59. The molecule has 3 heterocycles. The van der Waals surface area contributed by atoms with Crippen LogP contribution in [0.1, 0.15) is 31.3 Å². The number of aromatic amines is 1. The Bertz CT molecular complexity index is 1130. The molecule has 0 radical (unpaired) electrons. The van der Waals surface area contributed by atoms with E-state index >= 15 is 0 Å². The second-order valence-corrected chi connectivity index (χ2v) is 8.44. The zero-order valence-electron chi connectivity index (χ0n) is 16.3. The summed E-state index contributed by atoms with van der Waals surface area (Å²) in [6, 6.07) is 5.97. The number of hydrogen-bond acceptors (Lipinski definition) is 6. The van der Waals surface area contributed by atoms with E-state index in [9.17, 15) is 4.79 Å². The average Bonchev–Trinajstić information content (AvgIpc) is 3.45. The molecule has 2 amide bonds. The van der Waals surface area contributed by atoms with Crippen LogP contribution in [0, 0.1) is 6.92 Å². The number of urea groups is 1. The number of nitrogens with one attached hydrogen (secondary N) is 3. The number of aromatic nitrogens is 4. The van der Waals surface area contributed by atoms with Crippen LogP contribution in [0.2, 0.25) is 0 Å². The molecule has 0 bridgehead atoms. The molecule has 0 aliphatic heterocycles. The lowest BCUT2D eigenvalue weighted by Crippen LogP contribution is -2.35. The van der Waals surface area contributed by atoms with Gasteiger partial charge in [-0.1, -0.05) is 19.4 Å². The number of thiazole rings is 2. The highest BCUT2D eigenvalue weighted by atomic mass is 32.1. The topological polar surface area (TPSA) is 95.6 Å².